The fraction of sp³-hybridized carbons (Fsp3) is 0.800. The van der Waals surface area contributed by atoms with Crippen LogP contribution in [0, 0.1) is 0 Å². The van der Waals surface area contributed by atoms with E-state index in [-0.39, 0.29) is 11.8 Å². The molecule has 0 heterocycles. The van der Waals surface area contributed by atoms with Gasteiger partial charge in [-0.3, -0.25) is 9.59 Å². The molecule has 0 rings (SSSR count). The minimum absolute atomic E-state index is 0.0324. The average molecular weight is 235 g/mol. The van der Waals surface area contributed by atoms with Crippen molar-refractivity contribution in [3.63, 3.8) is 0 Å². The fourth-order valence-electron chi connectivity index (χ4n) is 0.954. The van der Waals surface area contributed by atoms with Crippen molar-refractivity contribution in [2.24, 2.45) is 0 Å². The number of carbonyl (C=O) groups excluding carboxylic acids is 2. The van der Waals surface area contributed by atoms with E-state index in [1.165, 1.54) is 0 Å². The smallest absolute Gasteiger partial charge is 0.237 e. The third-order valence-electron chi connectivity index (χ3n) is 1.81. The Balaban J connectivity index is 3.38. The Labute approximate surface area is 95.7 Å². The van der Waals surface area contributed by atoms with E-state index in [0.29, 0.717) is 25.9 Å². The zero-order valence-corrected chi connectivity index (χ0v) is 10.1. The molecule has 5 heteroatoms. The number of hydrogen-bond acceptors (Lipinski definition) is 2. The van der Waals surface area contributed by atoms with E-state index in [1.807, 2.05) is 6.92 Å². The Kier molecular flexibility index (Phi) is 8.09. The number of carbonyl (C=O) groups is 2. The third-order valence-corrected chi connectivity index (χ3v) is 2.01. The Morgan fingerprint density at radius 3 is 2.47 bits per heavy atom. The van der Waals surface area contributed by atoms with E-state index in [2.05, 4.69) is 10.6 Å². The molecule has 0 spiro atoms. The van der Waals surface area contributed by atoms with Crippen molar-refractivity contribution >= 4 is 23.4 Å². The molecule has 0 radical (unpaired) electrons. The molecule has 0 aromatic rings. The van der Waals surface area contributed by atoms with Crippen molar-refractivity contribution in [1.29, 1.82) is 0 Å². The first-order valence-corrected chi connectivity index (χ1v) is 5.70. The Morgan fingerprint density at radius 1 is 1.27 bits per heavy atom. The molecule has 88 valence electrons. The van der Waals surface area contributed by atoms with E-state index in [9.17, 15) is 9.59 Å². The van der Waals surface area contributed by atoms with Crippen LogP contribution in [0.5, 0.6) is 0 Å². The molecule has 4 nitrogen and oxygen atoms in total. The maximum absolute atomic E-state index is 11.1. The molecule has 2 amide bonds. The average Bonchev–Trinajstić information content (AvgIpc) is 2.20. The highest BCUT2D eigenvalue weighted by atomic mass is 35.5. The summed E-state index contributed by atoms with van der Waals surface area (Å²) in [6.07, 6.45) is 2.02. The molecule has 0 aromatic heterocycles. The second-order valence-corrected chi connectivity index (χ2v) is 4.02. The van der Waals surface area contributed by atoms with Crippen LogP contribution in [-0.4, -0.2) is 30.3 Å². The molecule has 0 aromatic carbocycles. The number of alkyl halides is 1. The molecule has 0 fully saturated rings. The highest BCUT2D eigenvalue weighted by Gasteiger charge is 2.07. The lowest BCUT2D eigenvalue weighted by Gasteiger charge is -2.06. The highest BCUT2D eigenvalue weighted by molar-refractivity contribution is 6.30. The lowest BCUT2D eigenvalue weighted by molar-refractivity contribution is -0.122. The lowest BCUT2D eigenvalue weighted by atomic mass is 10.3. The minimum atomic E-state index is -0.515. The molecule has 1 atom stereocenters. The van der Waals surface area contributed by atoms with Crippen LogP contribution in [0.3, 0.4) is 0 Å². The maximum Gasteiger partial charge on any atom is 0.237 e. The predicted octanol–water partition coefficient (Wildman–Crippen LogP) is 1.04. The van der Waals surface area contributed by atoms with Crippen LogP contribution in [0.1, 0.15) is 33.1 Å². The van der Waals surface area contributed by atoms with E-state index in [0.717, 1.165) is 6.42 Å². The van der Waals surface area contributed by atoms with Gasteiger partial charge in [-0.1, -0.05) is 6.92 Å². The van der Waals surface area contributed by atoms with Crippen molar-refractivity contribution in [1.82, 2.24) is 10.6 Å². The highest BCUT2D eigenvalue weighted by Crippen LogP contribution is 1.93. The number of halogens is 1. The number of nitrogens with one attached hydrogen (secondary N) is 2. The molecule has 0 aliphatic rings. The van der Waals surface area contributed by atoms with Crippen LogP contribution >= 0.6 is 11.6 Å². The SMILES string of the molecule is CCCNC(=O)CCCNC(=O)C(C)Cl. The number of rotatable bonds is 7. The van der Waals surface area contributed by atoms with Crippen LogP contribution < -0.4 is 10.6 Å². The standard InChI is InChI=1S/C10H19ClN2O2/c1-3-6-12-9(14)5-4-7-13-10(15)8(2)11/h8H,3-7H2,1-2H3,(H,12,14)(H,13,15). The summed E-state index contributed by atoms with van der Waals surface area (Å²) in [5.41, 5.74) is 0. The summed E-state index contributed by atoms with van der Waals surface area (Å²) < 4.78 is 0. The van der Waals surface area contributed by atoms with Gasteiger partial charge in [0.25, 0.3) is 0 Å². The van der Waals surface area contributed by atoms with Crippen LogP contribution in [-0.2, 0) is 9.59 Å². The minimum Gasteiger partial charge on any atom is -0.356 e. The summed E-state index contributed by atoms with van der Waals surface area (Å²) >= 11 is 5.55. The van der Waals surface area contributed by atoms with E-state index in [1.54, 1.807) is 6.92 Å². The van der Waals surface area contributed by atoms with Gasteiger partial charge >= 0.3 is 0 Å². The largest absolute Gasteiger partial charge is 0.356 e. The summed E-state index contributed by atoms with van der Waals surface area (Å²) in [5.74, 6) is -0.157. The quantitative estimate of drug-likeness (QED) is 0.511. The van der Waals surface area contributed by atoms with Gasteiger partial charge in [0.2, 0.25) is 11.8 Å². The summed E-state index contributed by atoms with van der Waals surface area (Å²) in [5, 5.41) is 4.89. The van der Waals surface area contributed by atoms with Crippen molar-refractivity contribution < 1.29 is 9.59 Å². The molecular formula is C10H19ClN2O2. The molecule has 0 aliphatic carbocycles. The third kappa shape index (κ3) is 8.24. The molecule has 0 aliphatic heterocycles. The van der Waals surface area contributed by atoms with Gasteiger partial charge in [0.15, 0.2) is 0 Å². The van der Waals surface area contributed by atoms with Gasteiger partial charge in [0, 0.05) is 19.5 Å². The van der Waals surface area contributed by atoms with Gasteiger partial charge in [-0.15, -0.1) is 11.6 Å². The van der Waals surface area contributed by atoms with Gasteiger partial charge in [0.1, 0.15) is 5.38 Å². The second-order valence-electron chi connectivity index (χ2n) is 3.36. The van der Waals surface area contributed by atoms with Crippen molar-refractivity contribution in [2.75, 3.05) is 13.1 Å². The van der Waals surface area contributed by atoms with Crippen LogP contribution in [0.4, 0.5) is 0 Å². The predicted molar refractivity (Wildman–Crippen MR) is 60.9 cm³/mol. The first-order valence-electron chi connectivity index (χ1n) is 5.26. The van der Waals surface area contributed by atoms with Gasteiger partial charge in [-0.25, -0.2) is 0 Å². The molecular weight excluding hydrogens is 216 g/mol. The lowest BCUT2D eigenvalue weighted by Crippen LogP contribution is -2.31. The topological polar surface area (TPSA) is 58.2 Å². The number of amides is 2. The van der Waals surface area contributed by atoms with Gasteiger partial charge < -0.3 is 10.6 Å². The van der Waals surface area contributed by atoms with Gasteiger partial charge in [0.05, 0.1) is 0 Å². The molecule has 0 saturated carbocycles. The zero-order chi connectivity index (χ0) is 11.7. The summed E-state index contributed by atoms with van der Waals surface area (Å²) in [6, 6.07) is 0. The Hall–Kier alpha value is -0.770. The molecule has 0 saturated heterocycles. The van der Waals surface area contributed by atoms with Crippen LogP contribution in [0.2, 0.25) is 0 Å². The first kappa shape index (κ1) is 14.2. The fourth-order valence-corrected chi connectivity index (χ4v) is 1.03. The van der Waals surface area contributed by atoms with Gasteiger partial charge in [-0.05, 0) is 19.8 Å². The van der Waals surface area contributed by atoms with Crippen LogP contribution in [0.25, 0.3) is 0 Å². The zero-order valence-electron chi connectivity index (χ0n) is 9.31. The monoisotopic (exact) mass is 234 g/mol. The second kappa shape index (κ2) is 8.53. The molecule has 0 bridgehead atoms. The van der Waals surface area contributed by atoms with Gasteiger partial charge in [-0.2, -0.15) is 0 Å². The molecule has 15 heavy (non-hydrogen) atoms. The maximum atomic E-state index is 11.1. The van der Waals surface area contributed by atoms with Crippen molar-refractivity contribution in [3.8, 4) is 0 Å². The molecule has 2 N–H and O–H groups in total. The summed E-state index contributed by atoms with van der Waals surface area (Å²) in [7, 11) is 0. The van der Waals surface area contributed by atoms with E-state index < -0.39 is 5.38 Å². The van der Waals surface area contributed by atoms with E-state index in [4.69, 9.17) is 11.6 Å². The number of hydrogen-bond donors (Lipinski definition) is 2. The molecule has 1 unspecified atom stereocenters. The Bertz CT molecular complexity index is 208. The van der Waals surface area contributed by atoms with Crippen molar-refractivity contribution in [2.45, 2.75) is 38.5 Å². The Morgan fingerprint density at radius 2 is 1.93 bits per heavy atom. The summed E-state index contributed by atoms with van der Waals surface area (Å²) in [4.78, 5) is 22.1. The van der Waals surface area contributed by atoms with E-state index >= 15 is 0 Å². The summed E-state index contributed by atoms with van der Waals surface area (Å²) in [6.45, 7) is 4.83. The van der Waals surface area contributed by atoms with Crippen molar-refractivity contribution in [3.05, 3.63) is 0 Å². The first-order chi connectivity index (χ1) is 7.07. The normalized spacial score (nSPS) is 11.9. The van der Waals surface area contributed by atoms with Crippen LogP contribution in [0.15, 0.2) is 0 Å².